The van der Waals surface area contributed by atoms with E-state index in [4.69, 9.17) is 9.47 Å². The lowest BCUT2D eigenvalue weighted by Crippen LogP contribution is -2.19. The van der Waals surface area contributed by atoms with E-state index in [1.807, 2.05) is 16.9 Å². The molecule has 0 spiro atoms. The van der Waals surface area contributed by atoms with Gasteiger partial charge in [0.2, 0.25) is 5.91 Å². The highest BCUT2D eigenvalue weighted by molar-refractivity contribution is 5.89. The number of carbonyl (C=O) groups excluding carboxylic acids is 1. The van der Waals surface area contributed by atoms with Crippen molar-refractivity contribution in [1.82, 2.24) is 15.1 Å². The fourth-order valence-corrected chi connectivity index (χ4v) is 2.83. The molecule has 2 atom stereocenters. The predicted molar refractivity (Wildman–Crippen MR) is 81.8 cm³/mol. The lowest BCUT2D eigenvalue weighted by Gasteiger charge is -2.10. The molecule has 0 aromatic carbocycles. The molecular formula is C15H24N4O3. The Bertz CT molecular complexity index is 479. The molecule has 7 nitrogen and oxygen atoms in total. The van der Waals surface area contributed by atoms with E-state index in [-0.39, 0.29) is 12.0 Å². The van der Waals surface area contributed by atoms with E-state index in [1.165, 1.54) is 0 Å². The second-order valence-corrected chi connectivity index (χ2v) is 5.84. The van der Waals surface area contributed by atoms with Crippen LogP contribution in [0.5, 0.6) is 0 Å². The van der Waals surface area contributed by atoms with Crippen LogP contribution in [0.3, 0.4) is 0 Å². The Labute approximate surface area is 130 Å². The molecule has 122 valence electrons. The van der Waals surface area contributed by atoms with Crippen LogP contribution in [0, 0.1) is 0 Å². The number of aromatic nitrogens is 2. The summed E-state index contributed by atoms with van der Waals surface area (Å²) in [6, 6.07) is 2.23. The molecule has 2 saturated heterocycles. The second kappa shape index (κ2) is 7.71. The maximum atomic E-state index is 11.9. The molecule has 2 aliphatic heterocycles. The van der Waals surface area contributed by atoms with Crippen molar-refractivity contribution in [2.75, 3.05) is 38.2 Å². The fourth-order valence-electron chi connectivity index (χ4n) is 2.83. The molecule has 1 aromatic heterocycles. The van der Waals surface area contributed by atoms with Gasteiger partial charge in [-0.15, -0.1) is 0 Å². The van der Waals surface area contributed by atoms with Crippen LogP contribution >= 0.6 is 0 Å². The third-order valence-electron chi connectivity index (χ3n) is 4.09. The van der Waals surface area contributed by atoms with Gasteiger partial charge in [0.15, 0.2) is 5.82 Å². The maximum absolute atomic E-state index is 11.9. The van der Waals surface area contributed by atoms with Gasteiger partial charge in [0.05, 0.1) is 31.8 Å². The predicted octanol–water partition coefficient (Wildman–Crippen LogP) is 0.942. The SMILES string of the molecule is O=C(CCOCC1CCCO1)Nc1ccn(C2CCNC2)n1. The van der Waals surface area contributed by atoms with Crippen LogP contribution in [0.25, 0.3) is 0 Å². The van der Waals surface area contributed by atoms with Crippen molar-refractivity contribution in [1.29, 1.82) is 0 Å². The molecule has 3 heterocycles. The number of nitrogens with one attached hydrogen (secondary N) is 2. The number of hydrogen-bond donors (Lipinski definition) is 2. The van der Waals surface area contributed by atoms with E-state index in [1.54, 1.807) is 0 Å². The number of hydrogen-bond acceptors (Lipinski definition) is 5. The summed E-state index contributed by atoms with van der Waals surface area (Å²) < 4.78 is 12.9. The van der Waals surface area contributed by atoms with Gasteiger partial charge in [0.1, 0.15) is 0 Å². The van der Waals surface area contributed by atoms with Crippen molar-refractivity contribution < 1.29 is 14.3 Å². The van der Waals surface area contributed by atoms with Crippen molar-refractivity contribution in [3.8, 4) is 0 Å². The van der Waals surface area contributed by atoms with Gasteiger partial charge in [-0.1, -0.05) is 0 Å². The highest BCUT2D eigenvalue weighted by Gasteiger charge is 2.18. The highest BCUT2D eigenvalue weighted by Crippen LogP contribution is 2.16. The Morgan fingerprint density at radius 2 is 2.50 bits per heavy atom. The summed E-state index contributed by atoms with van der Waals surface area (Å²) >= 11 is 0. The van der Waals surface area contributed by atoms with Gasteiger partial charge >= 0.3 is 0 Å². The Hall–Kier alpha value is -1.44. The molecule has 3 rings (SSSR count). The molecule has 1 amide bonds. The standard InChI is InChI=1S/C15H24N4O3/c20-15(5-9-21-11-13-2-1-8-22-13)17-14-4-7-19(18-14)12-3-6-16-10-12/h4,7,12-13,16H,1-3,5-6,8-11H2,(H,17,18,20). The monoisotopic (exact) mass is 308 g/mol. The Balaban J connectivity index is 1.34. The molecule has 7 heteroatoms. The van der Waals surface area contributed by atoms with Gasteiger partial charge in [-0.25, -0.2) is 0 Å². The van der Waals surface area contributed by atoms with Gasteiger partial charge in [-0.3, -0.25) is 9.48 Å². The number of carbonyl (C=O) groups is 1. The molecule has 0 radical (unpaired) electrons. The van der Waals surface area contributed by atoms with Crippen LogP contribution < -0.4 is 10.6 Å². The molecule has 2 aliphatic rings. The number of rotatable bonds is 7. The summed E-state index contributed by atoms with van der Waals surface area (Å²) in [6.07, 6.45) is 5.70. The molecule has 0 aliphatic carbocycles. The number of ether oxygens (including phenoxy) is 2. The lowest BCUT2D eigenvalue weighted by atomic mass is 10.2. The minimum absolute atomic E-state index is 0.0675. The zero-order chi connectivity index (χ0) is 15.2. The van der Waals surface area contributed by atoms with Gasteiger partial charge in [-0.05, 0) is 25.8 Å². The fraction of sp³-hybridized carbons (Fsp3) is 0.733. The van der Waals surface area contributed by atoms with Gasteiger partial charge < -0.3 is 20.1 Å². The van der Waals surface area contributed by atoms with Crippen LogP contribution in [0.1, 0.15) is 31.7 Å². The summed E-state index contributed by atoms with van der Waals surface area (Å²) in [7, 11) is 0. The number of nitrogens with zero attached hydrogens (tertiary/aromatic N) is 2. The van der Waals surface area contributed by atoms with Gasteiger partial charge in [-0.2, -0.15) is 5.10 Å². The van der Waals surface area contributed by atoms with E-state index in [2.05, 4.69) is 15.7 Å². The van der Waals surface area contributed by atoms with E-state index < -0.39 is 0 Å². The Morgan fingerprint density at radius 1 is 1.55 bits per heavy atom. The third-order valence-corrected chi connectivity index (χ3v) is 4.09. The van der Waals surface area contributed by atoms with Crippen molar-refractivity contribution in [2.24, 2.45) is 0 Å². The first-order valence-corrected chi connectivity index (χ1v) is 8.06. The van der Waals surface area contributed by atoms with E-state index in [0.717, 1.165) is 39.0 Å². The Kier molecular flexibility index (Phi) is 5.42. The summed E-state index contributed by atoms with van der Waals surface area (Å²) in [6.45, 7) is 3.78. The molecule has 0 bridgehead atoms. The normalized spacial score (nSPS) is 24.7. The summed E-state index contributed by atoms with van der Waals surface area (Å²) in [4.78, 5) is 11.9. The van der Waals surface area contributed by atoms with E-state index >= 15 is 0 Å². The first kappa shape index (κ1) is 15.5. The summed E-state index contributed by atoms with van der Waals surface area (Å²) in [5, 5.41) is 10.5. The number of anilines is 1. The minimum atomic E-state index is -0.0675. The molecule has 1 aromatic rings. The molecule has 2 N–H and O–H groups in total. The minimum Gasteiger partial charge on any atom is -0.378 e. The largest absolute Gasteiger partial charge is 0.378 e. The smallest absolute Gasteiger partial charge is 0.227 e. The van der Waals surface area contributed by atoms with Crippen molar-refractivity contribution in [3.05, 3.63) is 12.3 Å². The van der Waals surface area contributed by atoms with E-state index in [0.29, 0.717) is 31.5 Å². The first-order valence-electron chi connectivity index (χ1n) is 8.06. The van der Waals surface area contributed by atoms with Gasteiger partial charge in [0.25, 0.3) is 0 Å². The highest BCUT2D eigenvalue weighted by atomic mass is 16.5. The average molecular weight is 308 g/mol. The maximum Gasteiger partial charge on any atom is 0.227 e. The van der Waals surface area contributed by atoms with Crippen LogP contribution in [-0.4, -0.2) is 54.7 Å². The van der Waals surface area contributed by atoms with Crippen molar-refractivity contribution in [3.63, 3.8) is 0 Å². The first-order chi connectivity index (χ1) is 10.8. The topological polar surface area (TPSA) is 77.4 Å². The summed E-state index contributed by atoms with van der Waals surface area (Å²) in [5.74, 6) is 0.540. The molecule has 2 fully saturated rings. The average Bonchev–Trinajstić information content (AvgIpc) is 3.24. The molecule has 0 saturated carbocycles. The number of amides is 1. The van der Waals surface area contributed by atoms with Crippen LogP contribution in [0.2, 0.25) is 0 Å². The van der Waals surface area contributed by atoms with E-state index in [9.17, 15) is 4.79 Å². The second-order valence-electron chi connectivity index (χ2n) is 5.84. The molecular weight excluding hydrogens is 284 g/mol. The van der Waals surface area contributed by atoms with Crippen LogP contribution in [0.4, 0.5) is 5.82 Å². The zero-order valence-corrected chi connectivity index (χ0v) is 12.8. The molecule has 2 unspecified atom stereocenters. The van der Waals surface area contributed by atoms with Crippen LogP contribution in [0.15, 0.2) is 12.3 Å². The van der Waals surface area contributed by atoms with Gasteiger partial charge in [0, 0.05) is 25.4 Å². The molecule has 22 heavy (non-hydrogen) atoms. The van der Waals surface area contributed by atoms with Crippen LogP contribution in [-0.2, 0) is 14.3 Å². The summed E-state index contributed by atoms with van der Waals surface area (Å²) in [5.41, 5.74) is 0. The van der Waals surface area contributed by atoms with Crippen molar-refractivity contribution >= 4 is 11.7 Å². The lowest BCUT2D eigenvalue weighted by molar-refractivity contribution is -0.117. The Morgan fingerprint density at radius 3 is 3.27 bits per heavy atom. The zero-order valence-electron chi connectivity index (χ0n) is 12.8. The third kappa shape index (κ3) is 4.28. The quantitative estimate of drug-likeness (QED) is 0.733. The van der Waals surface area contributed by atoms with Crippen molar-refractivity contribution in [2.45, 2.75) is 37.8 Å².